The van der Waals surface area contributed by atoms with Gasteiger partial charge < -0.3 is 33.8 Å². The van der Waals surface area contributed by atoms with Gasteiger partial charge in [-0.25, -0.2) is 9.13 Å². The Morgan fingerprint density at radius 2 is 0.548 bits per heavy atom. The minimum atomic E-state index is -4.96. The summed E-state index contributed by atoms with van der Waals surface area (Å²) in [5.41, 5.74) is 0. The van der Waals surface area contributed by atoms with Gasteiger partial charge in [-0.15, -0.1) is 0 Å². The second kappa shape index (κ2) is 64.7. The zero-order valence-electron chi connectivity index (χ0n) is 60.7. The van der Waals surface area contributed by atoms with Crippen LogP contribution in [0.5, 0.6) is 0 Å². The van der Waals surface area contributed by atoms with Crippen LogP contribution in [-0.2, 0) is 65.4 Å². The number of hydrogen-bond acceptors (Lipinski definition) is 15. The first-order valence-electron chi connectivity index (χ1n) is 38.4. The molecule has 93 heavy (non-hydrogen) atoms. The van der Waals surface area contributed by atoms with E-state index >= 15 is 0 Å². The number of hydrogen-bond donors (Lipinski definition) is 3. The van der Waals surface area contributed by atoms with Crippen molar-refractivity contribution in [1.82, 2.24) is 0 Å². The van der Waals surface area contributed by atoms with E-state index in [2.05, 4.69) is 48.5 Å². The van der Waals surface area contributed by atoms with Crippen LogP contribution >= 0.6 is 15.6 Å². The van der Waals surface area contributed by atoms with Gasteiger partial charge in [-0.2, -0.15) is 0 Å². The molecule has 0 heterocycles. The Balaban J connectivity index is 5.23. The van der Waals surface area contributed by atoms with Crippen molar-refractivity contribution in [1.29, 1.82) is 0 Å². The molecule has 19 heteroatoms. The number of phosphoric acid groups is 2. The number of phosphoric ester groups is 2. The van der Waals surface area contributed by atoms with Crippen molar-refractivity contribution in [3.8, 4) is 0 Å². The molecule has 0 aromatic rings. The normalized spacial score (nSPS) is 14.4. The summed E-state index contributed by atoms with van der Waals surface area (Å²) in [4.78, 5) is 72.7. The molecular formula is C74H144O17P2. The number of carbonyl (C=O) groups excluding carboxylic acids is 4. The van der Waals surface area contributed by atoms with E-state index in [1.165, 1.54) is 186 Å². The number of esters is 4. The summed E-state index contributed by atoms with van der Waals surface area (Å²) in [5.74, 6) is 0.200. The molecular weight excluding hydrogens is 1220 g/mol. The maximum absolute atomic E-state index is 13.1. The molecule has 0 aliphatic carbocycles. The molecule has 0 fully saturated rings. The van der Waals surface area contributed by atoms with Gasteiger partial charge in [-0.05, 0) is 43.4 Å². The summed E-state index contributed by atoms with van der Waals surface area (Å²) in [6.45, 7) is 11.9. The van der Waals surface area contributed by atoms with Crippen LogP contribution in [0, 0.1) is 17.8 Å². The van der Waals surface area contributed by atoms with E-state index in [4.69, 9.17) is 37.0 Å². The lowest BCUT2D eigenvalue weighted by atomic mass is 9.99. The Morgan fingerprint density at radius 1 is 0.312 bits per heavy atom. The Kier molecular flexibility index (Phi) is 63.4. The average Bonchev–Trinajstić information content (AvgIpc) is 1.62. The third kappa shape index (κ3) is 67.0. The first kappa shape index (κ1) is 91.1. The Labute approximate surface area is 568 Å². The fourth-order valence-corrected chi connectivity index (χ4v) is 12.8. The Hall–Kier alpha value is -1.94. The summed E-state index contributed by atoms with van der Waals surface area (Å²) in [6.07, 6.45) is 49.9. The average molecular weight is 1370 g/mol. The van der Waals surface area contributed by atoms with E-state index in [0.717, 1.165) is 108 Å². The van der Waals surface area contributed by atoms with E-state index < -0.39 is 97.5 Å². The van der Waals surface area contributed by atoms with E-state index in [9.17, 15) is 43.2 Å². The lowest BCUT2D eigenvalue weighted by Gasteiger charge is -2.21. The number of carbonyl (C=O) groups is 4. The fourth-order valence-electron chi connectivity index (χ4n) is 11.2. The molecule has 0 aromatic heterocycles. The number of rotatable bonds is 72. The van der Waals surface area contributed by atoms with E-state index in [0.29, 0.717) is 25.7 Å². The molecule has 0 rings (SSSR count). The van der Waals surface area contributed by atoms with Crippen molar-refractivity contribution in [2.75, 3.05) is 39.6 Å². The van der Waals surface area contributed by atoms with Crippen LogP contribution < -0.4 is 0 Å². The van der Waals surface area contributed by atoms with Crippen LogP contribution in [0.1, 0.15) is 376 Å². The van der Waals surface area contributed by atoms with Crippen LogP contribution in [0.2, 0.25) is 0 Å². The Morgan fingerprint density at radius 3 is 0.817 bits per heavy atom. The first-order valence-corrected chi connectivity index (χ1v) is 41.4. The van der Waals surface area contributed by atoms with Crippen molar-refractivity contribution in [2.24, 2.45) is 17.8 Å². The second-order valence-corrected chi connectivity index (χ2v) is 30.8. The zero-order chi connectivity index (χ0) is 68.7. The fraction of sp³-hybridized carbons (Fsp3) is 0.946. The van der Waals surface area contributed by atoms with Gasteiger partial charge in [0.15, 0.2) is 12.2 Å². The van der Waals surface area contributed by atoms with E-state index in [1.807, 2.05) is 0 Å². The molecule has 17 nitrogen and oxygen atoms in total. The Bertz CT molecular complexity index is 1820. The smallest absolute Gasteiger partial charge is 0.462 e. The van der Waals surface area contributed by atoms with Crippen LogP contribution in [-0.4, -0.2) is 96.7 Å². The molecule has 0 radical (unpaired) electrons. The highest BCUT2D eigenvalue weighted by Gasteiger charge is 2.30. The molecule has 0 aliphatic heterocycles. The van der Waals surface area contributed by atoms with E-state index in [1.54, 1.807) is 0 Å². The molecule has 0 bridgehead atoms. The molecule has 0 spiro atoms. The van der Waals surface area contributed by atoms with Gasteiger partial charge in [0, 0.05) is 25.7 Å². The monoisotopic (exact) mass is 1370 g/mol. The SMILES string of the molecule is CCCCCCCCCCCCC(=O)OC[C@H](COP(=O)(O)OC[C@H](O)COP(=O)(O)OC[C@@H](COC(=O)CCCCCCCCCCCC(C)C)OC(=O)CCCCCCCCCCCCCCCCCCC(C)C)OC(=O)CCCCCCCCCCC(C)CC. The summed E-state index contributed by atoms with van der Waals surface area (Å²) < 4.78 is 68.4. The third-order valence-electron chi connectivity index (χ3n) is 17.5. The third-order valence-corrected chi connectivity index (χ3v) is 19.4. The first-order chi connectivity index (χ1) is 44.8. The molecule has 3 unspecified atom stereocenters. The van der Waals surface area contributed by atoms with Gasteiger partial charge in [0.05, 0.1) is 26.4 Å². The van der Waals surface area contributed by atoms with E-state index in [-0.39, 0.29) is 25.7 Å². The maximum atomic E-state index is 13.1. The molecule has 0 amide bonds. The van der Waals surface area contributed by atoms with Gasteiger partial charge in [0.25, 0.3) is 0 Å². The highest BCUT2D eigenvalue weighted by Crippen LogP contribution is 2.45. The zero-order valence-corrected chi connectivity index (χ0v) is 62.5. The van der Waals surface area contributed by atoms with Crippen LogP contribution in [0.25, 0.3) is 0 Å². The molecule has 552 valence electrons. The maximum Gasteiger partial charge on any atom is 0.472 e. The highest BCUT2D eigenvalue weighted by molar-refractivity contribution is 7.47. The summed E-state index contributed by atoms with van der Waals surface area (Å²) in [5, 5.41) is 10.6. The summed E-state index contributed by atoms with van der Waals surface area (Å²) >= 11 is 0. The standard InChI is InChI=1S/C74H144O17P2/c1-8-10-11-12-13-14-26-34-41-48-55-71(76)84-62-70(91-74(79)58-51-44-37-30-29-33-40-47-54-67(7)9-2)64-89-93(82,83)87-60-68(75)59-86-92(80,81)88-63-69(61-85-72(77)56-49-42-35-28-23-25-32-39-46-53-66(5)6)90-73(78)57-50-43-36-27-22-20-18-16-15-17-19-21-24-31-38-45-52-65(3)4/h65-70,75H,8-64H2,1-7H3,(H,80,81)(H,82,83)/t67?,68-,69-,70-/m1/s1. The van der Waals surface area contributed by atoms with Crippen molar-refractivity contribution < 1.29 is 80.2 Å². The van der Waals surface area contributed by atoms with Gasteiger partial charge in [0.1, 0.15) is 19.3 Å². The quantitative estimate of drug-likeness (QED) is 0.0222. The van der Waals surface area contributed by atoms with Crippen molar-refractivity contribution in [3.63, 3.8) is 0 Å². The van der Waals surface area contributed by atoms with Crippen molar-refractivity contribution in [3.05, 3.63) is 0 Å². The van der Waals surface area contributed by atoms with Gasteiger partial charge in [-0.3, -0.25) is 37.3 Å². The van der Waals surface area contributed by atoms with Gasteiger partial charge in [0.2, 0.25) is 0 Å². The lowest BCUT2D eigenvalue weighted by molar-refractivity contribution is -0.161. The number of unbranched alkanes of at least 4 members (excludes halogenated alkanes) is 39. The molecule has 6 atom stereocenters. The van der Waals surface area contributed by atoms with Crippen molar-refractivity contribution in [2.45, 2.75) is 394 Å². The largest absolute Gasteiger partial charge is 0.472 e. The second-order valence-electron chi connectivity index (χ2n) is 27.9. The topological polar surface area (TPSA) is 237 Å². The molecule has 0 saturated carbocycles. The minimum Gasteiger partial charge on any atom is -0.462 e. The van der Waals surface area contributed by atoms with Gasteiger partial charge >= 0.3 is 39.5 Å². The number of ether oxygens (including phenoxy) is 4. The molecule has 0 aliphatic rings. The molecule has 3 N–H and O–H groups in total. The number of aliphatic hydroxyl groups excluding tert-OH is 1. The highest BCUT2D eigenvalue weighted by atomic mass is 31.2. The minimum absolute atomic E-state index is 0.105. The summed E-state index contributed by atoms with van der Waals surface area (Å²) in [7, 11) is -9.91. The predicted octanol–water partition coefficient (Wildman–Crippen LogP) is 21.4. The van der Waals surface area contributed by atoms with Crippen LogP contribution in [0.4, 0.5) is 0 Å². The molecule has 0 saturated heterocycles. The summed E-state index contributed by atoms with van der Waals surface area (Å²) in [6, 6.07) is 0. The van der Waals surface area contributed by atoms with Crippen molar-refractivity contribution >= 4 is 39.5 Å². The lowest BCUT2D eigenvalue weighted by Crippen LogP contribution is -2.30. The van der Waals surface area contributed by atoms with Crippen LogP contribution in [0.15, 0.2) is 0 Å². The van der Waals surface area contributed by atoms with Crippen LogP contribution in [0.3, 0.4) is 0 Å². The van der Waals surface area contributed by atoms with Gasteiger partial charge in [-0.1, -0.05) is 325 Å². The number of aliphatic hydroxyl groups is 1. The predicted molar refractivity (Wildman–Crippen MR) is 377 cm³/mol. The molecule has 0 aromatic carbocycles.